The number of hydrogen-bond donors (Lipinski definition) is 2. The SMILES string of the molecule is O=C(CCC1CCNC1)NCCc1csc(N2CCCC2)n1. The van der Waals surface area contributed by atoms with Gasteiger partial charge in [0, 0.05) is 37.9 Å². The molecule has 3 heterocycles. The Morgan fingerprint density at radius 1 is 1.45 bits per heavy atom. The van der Waals surface area contributed by atoms with Crippen LogP contribution in [0, 0.1) is 5.92 Å². The summed E-state index contributed by atoms with van der Waals surface area (Å²) in [6.45, 7) is 5.16. The predicted molar refractivity (Wildman–Crippen MR) is 90.5 cm³/mol. The van der Waals surface area contributed by atoms with Gasteiger partial charge in [0.25, 0.3) is 0 Å². The lowest BCUT2D eigenvalue weighted by molar-refractivity contribution is -0.121. The minimum Gasteiger partial charge on any atom is -0.356 e. The van der Waals surface area contributed by atoms with E-state index in [4.69, 9.17) is 0 Å². The van der Waals surface area contributed by atoms with Crippen LogP contribution in [0.3, 0.4) is 0 Å². The molecule has 6 heteroatoms. The quantitative estimate of drug-likeness (QED) is 0.804. The number of amides is 1. The average molecular weight is 322 g/mol. The zero-order valence-corrected chi connectivity index (χ0v) is 14.0. The van der Waals surface area contributed by atoms with Gasteiger partial charge in [0.2, 0.25) is 5.91 Å². The third kappa shape index (κ3) is 4.43. The Hall–Kier alpha value is -1.14. The number of hydrogen-bond acceptors (Lipinski definition) is 5. The maximum atomic E-state index is 11.8. The van der Waals surface area contributed by atoms with Crippen LogP contribution in [-0.2, 0) is 11.2 Å². The van der Waals surface area contributed by atoms with Gasteiger partial charge in [-0.1, -0.05) is 0 Å². The highest BCUT2D eigenvalue weighted by molar-refractivity contribution is 7.13. The Balaban J connectivity index is 1.33. The third-order valence-electron chi connectivity index (χ3n) is 4.56. The second-order valence-electron chi connectivity index (χ2n) is 6.31. The van der Waals surface area contributed by atoms with Crippen LogP contribution in [0.1, 0.15) is 37.8 Å². The first-order valence-corrected chi connectivity index (χ1v) is 9.36. The fourth-order valence-electron chi connectivity index (χ4n) is 3.18. The molecule has 2 saturated heterocycles. The van der Waals surface area contributed by atoms with Crippen molar-refractivity contribution in [3.8, 4) is 0 Å². The lowest BCUT2D eigenvalue weighted by atomic mass is 10.0. The van der Waals surface area contributed by atoms with Crippen molar-refractivity contribution >= 4 is 22.4 Å². The van der Waals surface area contributed by atoms with Gasteiger partial charge in [0.1, 0.15) is 0 Å². The van der Waals surface area contributed by atoms with E-state index in [1.807, 2.05) is 0 Å². The lowest BCUT2D eigenvalue weighted by Gasteiger charge is -2.12. The number of nitrogens with one attached hydrogen (secondary N) is 2. The topological polar surface area (TPSA) is 57.3 Å². The van der Waals surface area contributed by atoms with Gasteiger partial charge in [-0.2, -0.15) is 0 Å². The molecule has 0 radical (unpaired) electrons. The summed E-state index contributed by atoms with van der Waals surface area (Å²) < 4.78 is 0. The normalized spacial score (nSPS) is 21.5. The van der Waals surface area contributed by atoms with Gasteiger partial charge in [-0.15, -0.1) is 11.3 Å². The minimum absolute atomic E-state index is 0.182. The molecule has 0 aromatic carbocycles. The van der Waals surface area contributed by atoms with E-state index in [9.17, 15) is 4.79 Å². The van der Waals surface area contributed by atoms with Crippen LogP contribution in [-0.4, -0.2) is 43.6 Å². The summed E-state index contributed by atoms with van der Waals surface area (Å²) in [6, 6.07) is 0. The van der Waals surface area contributed by atoms with Crippen LogP contribution in [0.25, 0.3) is 0 Å². The van der Waals surface area contributed by atoms with Gasteiger partial charge in [-0.25, -0.2) is 4.98 Å². The summed E-state index contributed by atoms with van der Waals surface area (Å²) in [7, 11) is 0. The van der Waals surface area contributed by atoms with Gasteiger partial charge in [0.15, 0.2) is 5.13 Å². The number of anilines is 1. The first-order valence-electron chi connectivity index (χ1n) is 8.48. The largest absolute Gasteiger partial charge is 0.356 e. The number of aromatic nitrogens is 1. The number of nitrogens with zero attached hydrogens (tertiary/aromatic N) is 2. The van der Waals surface area contributed by atoms with Crippen molar-refractivity contribution in [2.45, 2.75) is 38.5 Å². The summed E-state index contributed by atoms with van der Waals surface area (Å²) in [5, 5.41) is 9.64. The molecule has 1 atom stereocenters. The molecule has 5 nitrogen and oxygen atoms in total. The Kier molecular flexibility index (Phi) is 5.67. The Labute approximate surface area is 136 Å². The highest BCUT2D eigenvalue weighted by atomic mass is 32.1. The van der Waals surface area contributed by atoms with Crippen LogP contribution in [0.15, 0.2) is 5.38 Å². The molecule has 22 heavy (non-hydrogen) atoms. The van der Waals surface area contributed by atoms with E-state index in [0.29, 0.717) is 18.9 Å². The highest BCUT2D eigenvalue weighted by Crippen LogP contribution is 2.24. The van der Waals surface area contributed by atoms with Crippen molar-refractivity contribution in [3.05, 3.63) is 11.1 Å². The van der Waals surface area contributed by atoms with E-state index in [1.165, 1.54) is 19.3 Å². The van der Waals surface area contributed by atoms with E-state index in [2.05, 4.69) is 25.9 Å². The van der Waals surface area contributed by atoms with E-state index in [1.54, 1.807) is 11.3 Å². The molecule has 2 aliphatic heterocycles. The number of rotatable bonds is 7. The molecule has 0 bridgehead atoms. The smallest absolute Gasteiger partial charge is 0.220 e. The van der Waals surface area contributed by atoms with Crippen molar-refractivity contribution in [1.82, 2.24) is 15.6 Å². The summed E-state index contributed by atoms with van der Waals surface area (Å²) in [6.07, 6.45) is 6.27. The fourth-order valence-corrected chi connectivity index (χ4v) is 4.09. The molecule has 1 unspecified atom stereocenters. The van der Waals surface area contributed by atoms with Crippen molar-refractivity contribution in [1.29, 1.82) is 0 Å². The van der Waals surface area contributed by atoms with Crippen LogP contribution in [0.2, 0.25) is 0 Å². The molecule has 2 aliphatic rings. The maximum absolute atomic E-state index is 11.8. The second kappa shape index (κ2) is 7.92. The van der Waals surface area contributed by atoms with E-state index < -0.39 is 0 Å². The van der Waals surface area contributed by atoms with Crippen molar-refractivity contribution < 1.29 is 4.79 Å². The highest BCUT2D eigenvalue weighted by Gasteiger charge is 2.16. The van der Waals surface area contributed by atoms with Crippen LogP contribution < -0.4 is 15.5 Å². The first-order chi connectivity index (χ1) is 10.8. The van der Waals surface area contributed by atoms with Gasteiger partial charge in [-0.05, 0) is 44.7 Å². The molecule has 0 spiro atoms. The number of thiazole rings is 1. The predicted octanol–water partition coefficient (Wildman–Crippen LogP) is 1.79. The molecule has 2 fully saturated rings. The van der Waals surface area contributed by atoms with Crippen molar-refractivity contribution in [3.63, 3.8) is 0 Å². The molecule has 122 valence electrons. The molecular weight excluding hydrogens is 296 g/mol. The second-order valence-corrected chi connectivity index (χ2v) is 7.15. The molecule has 3 rings (SSSR count). The van der Waals surface area contributed by atoms with Gasteiger partial charge in [0.05, 0.1) is 5.69 Å². The van der Waals surface area contributed by atoms with Gasteiger partial charge < -0.3 is 15.5 Å². The summed E-state index contributed by atoms with van der Waals surface area (Å²) in [4.78, 5) is 18.9. The number of carbonyl (C=O) groups is 1. The van der Waals surface area contributed by atoms with Crippen LogP contribution in [0.4, 0.5) is 5.13 Å². The van der Waals surface area contributed by atoms with E-state index >= 15 is 0 Å². The van der Waals surface area contributed by atoms with E-state index in [-0.39, 0.29) is 5.91 Å². The average Bonchev–Trinajstić information content (AvgIpc) is 3.26. The molecule has 0 aliphatic carbocycles. The molecule has 2 N–H and O–H groups in total. The summed E-state index contributed by atoms with van der Waals surface area (Å²) >= 11 is 1.73. The Bertz CT molecular complexity index is 478. The zero-order valence-electron chi connectivity index (χ0n) is 13.1. The third-order valence-corrected chi connectivity index (χ3v) is 5.51. The summed E-state index contributed by atoms with van der Waals surface area (Å²) in [5.74, 6) is 0.870. The zero-order chi connectivity index (χ0) is 15.2. The number of carbonyl (C=O) groups excluding carboxylic acids is 1. The first kappa shape index (κ1) is 15.7. The molecule has 0 saturated carbocycles. The molecule has 1 aromatic rings. The maximum Gasteiger partial charge on any atom is 0.220 e. The fraction of sp³-hybridized carbons (Fsp3) is 0.750. The minimum atomic E-state index is 0.182. The Morgan fingerprint density at radius 3 is 3.09 bits per heavy atom. The van der Waals surface area contributed by atoms with Crippen molar-refractivity contribution in [2.24, 2.45) is 5.92 Å². The standard InChI is InChI=1S/C16H26N4OS/c21-15(4-3-13-5-7-17-11-13)18-8-6-14-12-22-16(19-14)20-9-1-2-10-20/h12-13,17H,1-11H2,(H,18,21). The molecule has 1 amide bonds. The van der Waals surface area contributed by atoms with Gasteiger partial charge in [-0.3, -0.25) is 4.79 Å². The van der Waals surface area contributed by atoms with Crippen LogP contribution in [0.5, 0.6) is 0 Å². The van der Waals surface area contributed by atoms with Crippen LogP contribution >= 0.6 is 11.3 Å². The molecular formula is C16H26N4OS. The Morgan fingerprint density at radius 2 is 2.32 bits per heavy atom. The lowest BCUT2D eigenvalue weighted by Crippen LogP contribution is -2.26. The van der Waals surface area contributed by atoms with E-state index in [0.717, 1.165) is 49.8 Å². The van der Waals surface area contributed by atoms with Gasteiger partial charge >= 0.3 is 0 Å². The summed E-state index contributed by atoms with van der Waals surface area (Å²) in [5.41, 5.74) is 1.10. The monoisotopic (exact) mass is 322 g/mol. The molecule has 1 aromatic heterocycles. The van der Waals surface area contributed by atoms with Crippen molar-refractivity contribution in [2.75, 3.05) is 37.6 Å².